The molecule has 0 bridgehead atoms. The van der Waals surface area contributed by atoms with Crippen molar-refractivity contribution in [2.45, 2.75) is 104 Å². The van der Waals surface area contributed by atoms with Gasteiger partial charge in [-0.2, -0.15) is 0 Å². The minimum Gasteiger partial charge on any atom is -0.390 e. The van der Waals surface area contributed by atoms with Crippen molar-refractivity contribution in [3.05, 3.63) is 12.2 Å². The highest BCUT2D eigenvalue weighted by molar-refractivity contribution is 5.15. The van der Waals surface area contributed by atoms with Gasteiger partial charge in [0.15, 0.2) is 0 Å². The molecule has 0 saturated heterocycles. The fraction of sp³-hybridized carbons (Fsp3) is 0.920. The molecule has 26 heavy (non-hydrogen) atoms. The van der Waals surface area contributed by atoms with Crippen molar-refractivity contribution >= 4 is 0 Å². The number of allylic oxidation sites excluding steroid dienone is 1. The molecule has 0 radical (unpaired) electrons. The van der Waals surface area contributed by atoms with Gasteiger partial charge in [-0.25, -0.2) is 0 Å². The van der Waals surface area contributed by atoms with E-state index in [1.807, 2.05) is 0 Å². The summed E-state index contributed by atoms with van der Waals surface area (Å²) < 4.78 is 0. The number of fused-ring (bicyclic) bond motifs is 5. The molecule has 1 N–H and O–H groups in total. The monoisotopic (exact) mass is 358 g/mol. The molecular weight excluding hydrogens is 316 g/mol. The Morgan fingerprint density at radius 2 is 1.69 bits per heavy atom. The zero-order chi connectivity index (χ0) is 18.7. The second-order valence-electron chi connectivity index (χ2n) is 11.4. The van der Waals surface area contributed by atoms with Gasteiger partial charge in [-0.3, -0.25) is 0 Å². The van der Waals surface area contributed by atoms with Crippen LogP contribution < -0.4 is 0 Å². The number of rotatable bonds is 3. The summed E-state index contributed by atoms with van der Waals surface area (Å²) in [7, 11) is 0. The number of hydrogen-bond donors (Lipinski definition) is 1. The van der Waals surface area contributed by atoms with Gasteiger partial charge < -0.3 is 5.11 Å². The summed E-state index contributed by atoms with van der Waals surface area (Å²) in [6.45, 7) is 14.1. The molecule has 0 unspecified atom stereocenters. The molecule has 0 aromatic heterocycles. The van der Waals surface area contributed by atoms with Crippen LogP contribution in [0, 0.1) is 40.4 Å². The Morgan fingerprint density at radius 1 is 0.962 bits per heavy atom. The Balaban J connectivity index is 1.56. The topological polar surface area (TPSA) is 20.2 Å². The molecule has 4 aliphatic carbocycles. The van der Waals surface area contributed by atoms with E-state index in [4.69, 9.17) is 0 Å². The van der Waals surface area contributed by atoms with Gasteiger partial charge in [-0.15, -0.1) is 0 Å². The summed E-state index contributed by atoms with van der Waals surface area (Å²) in [6, 6.07) is 0. The van der Waals surface area contributed by atoms with Crippen LogP contribution in [0.3, 0.4) is 0 Å². The van der Waals surface area contributed by atoms with E-state index in [-0.39, 0.29) is 5.60 Å². The summed E-state index contributed by atoms with van der Waals surface area (Å²) in [4.78, 5) is 0. The van der Waals surface area contributed by atoms with Gasteiger partial charge in [0.25, 0.3) is 0 Å². The minimum atomic E-state index is -0.354. The SMILES string of the molecule is C=C(C)[C@H]1CC[C@H]2[C@@H]3CC[C@@H]4C[C@@](O)(CCC)CC[C@]4(C)[C@H]3CC[C@]12C. The van der Waals surface area contributed by atoms with E-state index in [2.05, 4.69) is 34.3 Å². The molecule has 4 fully saturated rings. The van der Waals surface area contributed by atoms with E-state index in [1.54, 1.807) is 0 Å². The van der Waals surface area contributed by atoms with Crippen LogP contribution in [0.25, 0.3) is 0 Å². The normalized spacial score (nSPS) is 53.5. The fourth-order valence-electron chi connectivity index (χ4n) is 8.82. The lowest BCUT2D eigenvalue weighted by Crippen LogP contribution is -2.55. The first-order valence-electron chi connectivity index (χ1n) is 11.6. The maximum absolute atomic E-state index is 11.1. The zero-order valence-corrected chi connectivity index (χ0v) is 17.8. The summed E-state index contributed by atoms with van der Waals surface area (Å²) in [5, 5.41) is 11.1. The summed E-state index contributed by atoms with van der Waals surface area (Å²) in [5.74, 6) is 4.31. The van der Waals surface area contributed by atoms with Crippen LogP contribution in [0.1, 0.15) is 98.3 Å². The molecule has 0 aliphatic heterocycles. The molecule has 0 amide bonds. The van der Waals surface area contributed by atoms with Crippen LogP contribution in [0.15, 0.2) is 12.2 Å². The van der Waals surface area contributed by atoms with Crippen molar-refractivity contribution in [3.8, 4) is 0 Å². The van der Waals surface area contributed by atoms with Crippen LogP contribution in [-0.4, -0.2) is 10.7 Å². The Kier molecular flexibility index (Phi) is 4.66. The Hall–Kier alpha value is -0.300. The molecule has 8 atom stereocenters. The molecule has 4 rings (SSSR count). The molecule has 0 aromatic carbocycles. The molecule has 0 heterocycles. The Labute approximate surface area is 162 Å². The predicted octanol–water partition coefficient (Wildman–Crippen LogP) is 6.75. The summed E-state index contributed by atoms with van der Waals surface area (Å²) in [6.07, 6.45) is 14.0. The molecule has 1 heteroatoms. The fourth-order valence-corrected chi connectivity index (χ4v) is 8.82. The molecule has 0 aromatic rings. The van der Waals surface area contributed by atoms with E-state index < -0.39 is 0 Å². The highest BCUT2D eigenvalue weighted by atomic mass is 16.3. The maximum Gasteiger partial charge on any atom is 0.0650 e. The van der Waals surface area contributed by atoms with Gasteiger partial charge in [0.2, 0.25) is 0 Å². The van der Waals surface area contributed by atoms with E-state index in [1.165, 1.54) is 50.5 Å². The van der Waals surface area contributed by atoms with Gasteiger partial charge in [0.05, 0.1) is 5.60 Å². The molecule has 4 aliphatic rings. The average molecular weight is 359 g/mol. The van der Waals surface area contributed by atoms with Crippen LogP contribution in [-0.2, 0) is 0 Å². The van der Waals surface area contributed by atoms with Gasteiger partial charge in [-0.1, -0.05) is 39.3 Å². The third-order valence-corrected chi connectivity index (χ3v) is 10.1. The van der Waals surface area contributed by atoms with Crippen LogP contribution in [0.5, 0.6) is 0 Å². The smallest absolute Gasteiger partial charge is 0.0650 e. The molecule has 1 nitrogen and oxygen atoms in total. The second kappa shape index (κ2) is 6.36. The van der Waals surface area contributed by atoms with Crippen LogP contribution in [0.2, 0.25) is 0 Å². The Morgan fingerprint density at radius 3 is 2.38 bits per heavy atom. The minimum absolute atomic E-state index is 0.354. The first-order valence-corrected chi connectivity index (χ1v) is 11.6. The summed E-state index contributed by atoms with van der Waals surface area (Å²) in [5.41, 5.74) is 2.10. The number of hydrogen-bond acceptors (Lipinski definition) is 1. The van der Waals surface area contributed by atoms with E-state index in [0.717, 1.165) is 55.3 Å². The molecule has 4 saturated carbocycles. The van der Waals surface area contributed by atoms with Crippen molar-refractivity contribution in [2.24, 2.45) is 40.4 Å². The summed E-state index contributed by atoms with van der Waals surface area (Å²) >= 11 is 0. The maximum atomic E-state index is 11.1. The standard InChI is InChI=1S/C25H42O/c1-6-12-25(26)15-14-23(4)18(16-25)7-8-19-21-10-9-20(17(2)3)24(21,5)13-11-22(19)23/h18-22,26H,2,6-16H2,1,3-5H3/t18-,19+,20-,21+,22+,23+,24-,25-/m1/s1. The lowest BCUT2D eigenvalue weighted by atomic mass is 9.43. The van der Waals surface area contributed by atoms with Crippen molar-refractivity contribution in [1.82, 2.24) is 0 Å². The predicted molar refractivity (Wildman–Crippen MR) is 110 cm³/mol. The first kappa shape index (κ1) is 19.0. The first-order chi connectivity index (χ1) is 12.2. The third kappa shape index (κ3) is 2.66. The lowest BCUT2D eigenvalue weighted by Gasteiger charge is -2.62. The van der Waals surface area contributed by atoms with E-state index in [0.29, 0.717) is 10.8 Å². The average Bonchev–Trinajstić information content (AvgIpc) is 2.93. The highest BCUT2D eigenvalue weighted by Gasteiger charge is 2.61. The van der Waals surface area contributed by atoms with Gasteiger partial charge in [0.1, 0.15) is 0 Å². The molecule has 0 spiro atoms. The van der Waals surface area contributed by atoms with Gasteiger partial charge in [-0.05, 0) is 112 Å². The Bertz CT molecular complexity index is 567. The van der Waals surface area contributed by atoms with Gasteiger partial charge >= 0.3 is 0 Å². The molecule has 148 valence electrons. The van der Waals surface area contributed by atoms with Crippen LogP contribution >= 0.6 is 0 Å². The van der Waals surface area contributed by atoms with Crippen molar-refractivity contribution in [1.29, 1.82) is 0 Å². The van der Waals surface area contributed by atoms with Crippen molar-refractivity contribution in [2.75, 3.05) is 0 Å². The zero-order valence-electron chi connectivity index (χ0n) is 17.8. The molecular formula is C25H42O. The van der Waals surface area contributed by atoms with Gasteiger partial charge in [0, 0.05) is 0 Å². The van der Waals surface area contributed by atoms with Crippen LogP contribution in [0.4, 0.5) is 0 Å². The lowest BCUT2D eigenvalue weighted by molar-refractivity contribution is -0.151. The number of aliphatic hydroxyl groups is 1. The highest BCUT2D eigenvalue weighted by Crippen LogP contribution is 2.68. The van der Waals surface area contributed by atoms with Crippen molar-refractivity contribution < 1.29 is 5.11 Å². The third-order valence-electron chi connectivity index (χ3n) is 10.1. The largest absolute Gasteiger partial charge is 0.390 e. The quantitative estimate of drug-likeness (QED) is 0.553. The van der Waals surface area contributed by atoms with E-state index in [9.17, 15) is 5.11 Å². The van der Waals surface area contributed by atoms with Crippen molar-refractivity contribution in [3.63, 3.8) is 0 Å². The van der Waals surface area contributed by atoms with E-state index >= 15 is 0 Å². The second-order valence-corrected chi connectivity index (χ2v) is 11.4.